The van der Waals surface area contributed by atoms with E-state index in [0.29, 0.717) is 24.5 Å². The number of aryl methyl sites for hydroxylation is 1. The zero-order valence-corrected chi connectivity index (χ0v) is 12.9. The lowest BCUT2D eigenvalue weighted by Gasteiger charge is -2.18. The summed E-state index contributed by atoms with van der Waals surface area (Å²) in [4.78, 5) is 2.18. The third kappa shape index (κ3) is 4.27. The SMILES string of the molecule is CNCc1n[nH]c(C)c1S(=O)(=O)NC(C)CN(C)C. The molecule has 1 aromatic heterocycles. The minimum absolute atomic E-state index is 0.170. The lowest BCUT2D eigenvalue weighted by Crippen LogP contribution is -2.40. The monoisotopic (exact) mass is 289 g/mol. The van der Waals surface area contributed by atoms with Crippen molar-refractivity contribution in [1.82, 2.24) is 25.1 Å². The fraction of sp³-hybridized carbons (Fsp3) is 0.727. The van der Waals surface area contributed by atoms with E-state index in [1.165, 1.54) is 0 Å². The Morgan fingerprint density at radius 2 is 2.05 bits per heavy atom. The van der Waals surface area contributed by atoms with E-state index in [1.807, 2.05) is 25.9 Å². The fourth-order valence-electron chi connectivity index (χ4n) is 2.02. The first-order chi connectivity index (χ1) is 8.77. The topological polar surface area (TPSA) is 90.1 Å². The number of hydrogen-bond acceptors (Lipinski definition) is 5. The van der Waals surface area contributed by atoms with Crippen LogP contribution in [0.5, 0.6) is 0 Å². The van der Waals surface area contributed by atoms with Crippen molar-refractivity contribution in [1.29, 1.82) is 0 Å². The Morgan fingerprint density at radius 1 is 1.42 bits per heavy atom. The Bertz CT molecular complexity index is 509. The van der Waals surface area contributed by atoms with Gasteiger partial charge in [-0.15, -0.1) is 0 Å². The normalized spacial score (nSPS) is 14.0. The lowest BCUT2D eigenvalue weighted by atomic mass is 10.3. The molecule has 1 atom stereocenters. The van der Waals surface area contributed by atoms with Crippen LogP contribution in [0.1, 0.15) is 18.3 Å². The van der Waals surface area contributed by atoms with Gasteiger partial charge in [0.15, 0.2) is 0 Å². The van der Waals surface area contributed by atoms with Gasteiger partial charge in [-0.2, -0.15) is 5.10 Å². The second-order valence-electron chi connectivity index (χ2n) is 4.94. The summed E-state index contributed by atoms with van der Waals surface area (Å²) >= 11 is 0. The molecule has 3 N–H and O–H groups in total. The van der Waals surface area contributed by atoms with E-state index in [-0.39, 0.29) is 10.9 Å². The summed E-state index contributed by atoms with van der Waals surface area (Å²) in [7, 11) is 2.00. The molecule has 1 rings (SSSR count). The van der Waals surface area contributed by atoms with Gasteiger partial charge >= 0.3 is 0 Å². The number of sulfonamides is 1. The number of H-pyrrole nitrogens is 1. The van der Waals surface area contributed by atoms with Gasteiger partial charge < -0.3 is 10.2 Å². The standard InChI is InChI=1S/C11H23N5O2S/c1-8(7-16(4)5)15-19(17,18)11-9(2)13-14-10(11)6-12-3/h8,12,15H,6-7H2,1-5H3,(H,13,14). The summed E-state index contributed by atoms with van der Waals surface area (Å²) in [5.74, 6) is 0. The highest BCUT2D eigenvalue weighted by Crippen LogP contribution is 2.17. The van der Waals surface area contributed by atoms with Crippen molar-refractivity contribution in [2.45, 2.75) is 31.3 Å². The Kier molecular flexibility index (Phi) is 5.48. The highest BCUT2D eigenvalue weighted by molar-refractivity contribution is 7.89. The number of rotatable bonds is 7. The van der Waals surface area contributed by atoms with Gasteiger partial charge in [0, 0.05) is 19.1 Å². The maximum atomic E-state index is 12.4. The predicted octanol–water partition coefficient (Wildman–Crippen LogP) is -0.334. The lowest BCUT2D eigenvalue weighted by molar-refractivity contribution is 0.370. The van der Waals surface area contributed by atoms with Gasteiger partial charge in [0.1, 0.15) is 4.90 Å². The molecule has 0 amide bonds. The summed E-state index contributed by atoms with van der Waals surface area (Å²) in [6, 6.07) is -0.170. The first-order valence-electron chi connectivity index (χ1n) is 6.13. The Labute approximate surface area is 114 Å². The third-order valence-corrected chi connectivity index (χ3v) is 4.36. The highest BCUT2D eigenvalue weighted by Gasteiger charge is 2.25. The second-order valence-corrected chi connectivity index (χ2v) is 6.59. The maximum absolute atomic E-state index is 12.4. The molecule has 0 aromatic carbocycles. The molecule has 0 bridgehead atoms. The van der Waals surface area contributed by atoms with Gasteiger partial charge in [0.2, 0.25) is 10.0 Å². The van der Waals surface area contributed by atoms with Crippen LogP contribution in [0.2, 0.25) is 0 Å². The summed E-state index contributed by atoms with van der Waals surface area (Å²) in [6.07, 6.45) is 0. The van der Waals surface area contributed by atoms with E-state index in [2.05, 4.69) is 20.2 Å². The molecule has 8 heteroatoms. The highest BCUT2D eigenvalue weighted by atomic mass is 32.2. The zero-order chi connectivity index (χ0) is 14.6. The molecule has 7 nitrogen and oxygen atoms in total. The van der Waals surface area contributed by atoms with Gasteiger partial charge in [-0.1, -0.05) is 0 Å². The third-order valence-electron chi connectivity index (χ3n) is 2.57. The van der Waals surface area contributed by atoms with E-state index < -0.39 is 10.0 Å². The van der Waals surface area contributed by atoms with Crippen LogP contribution in [-0.2, 0) is 16.6 Å². The van der Waals surface area contributed by atoms with Gasteiger partial charge in [-0.3, -0.25) is 5.10 Å². The van der Waals surface area contributed by atoms with Gasteiger partial charge in [0.25, 0.3) is 0 Å². The molecule has 0 aliphatic heterocycles. The molecule has 110 valence electrons. The Morgan fingerprint density at radius 3 is 2.58 bits per heavy atom. The number of aromatic amines is 1. The van der Waals surface area contributed by atoms with E-state index in [4.69, 9.17) is 0 Å². The Hall–Kier alpha value is -0.960. The number of likely N-dealkylation sites (N-methyl/N-ethyl adjacent to an activating group) is 1. The molecular weight excluding hydrogens is 266 g/mol. The van der Waals surface area contributed by atoms with Crippen molar-refractivity contribution in [3.63, 3.8) is 0 Å². The molecule has 0 aliphatic carbocycles. The smallest absolute Gasteiger partial charge is 0.244 e. The molecule has 0 spiro atoms. The Balaban J connectivity index is 2.97. The van der Waals surface area contributed by atoms with Gasteiger partial charge in [-0.05, 0) is 35.0 Å². The van der Waals surface area contributed by atoms with Crippen molar-refractivity contribution in [2.24, 2.45) is 0 Å². The van der Waals surface area contributed by atoms with Crippen molar-refractivity contribution in [3.05, 3.63) is 11.4 Å². The molecule has 0 aliphatic rings. The number of nitrogens with zero attached hydrogens (tertiary/aromatic N) is 2. The first kappa shape index (κ1) is 16.1. The van der Waals surface area contributed by atoms with E-state index in [1.54, 1.807) is 14.0 Å². The molecule has 0 saturated heterocycles. The molecule has 0 radical (unpaired) electrons. The second kappa shape index (κ2) is 6.47. The fourth-order valence-corrected chi connectivity index (χ4v) is 3.62. The number of aromatic nitrogens is 2. The first-order valence-corrected chi connectivity index (χ1v) is 7.61. The zero-order valence-electron chi connectivity index (χ0n) is 12.1. The summed E-state index contributed by atoms with van der Waals surface area (Å²) < 4.78 is 27.4. The van der Waals surface area contributed by atoms with Crippen LogP contribution >= 0.6 is 0 Å². The summed E-state index contributed by atoms with van der Waals surface area (Å²) in [5, 5.41) is 9.66. The van der Waals surface area contributed by atoms with Crippen molar-refractivity contribution < 1.29 is 8.42 Å². The molecule has 1 aromatic rings. The van der Waals surface area contributed by atoms with Crippen LogP contribution in [0.25, 0.3) is 0 Å². The van der Waals surface area contributed by atoms with Crippen LogP contribution in [0, 0.1) is 6.92 Å². The predicted molar refractivity (Wildman–Crippen MR) is 74.4 cm³/mol. The van der Waals surface area contributed by atoms with Crippen LogP contribution in [0.3, 0.4) is 0 Å². The summed E-state index contributed by atoms with van der Waals surface area (Å²) in [6.45, 7) is 4.59. The molecule has 0 saturated carbocycles. The molecule has 1 heterocycles. The van der Waals surface area contributed by atoms with Crippen LogP contribution < -0.4 is 10.0 Å². The molecule has 19 heavy (non-hydrogen) atoms. The molecule has 0 fully saturated rings. The minimum atomic E-state index is -3.56. The largest absolute Gasteiger partial charge is 0.314 e. The van der Waals surface area contributed by atoms with E-state index in [9.17, 15) is 8.42 Å². The number of nitrogens with one attached hydrogen (secondary N) is 3. The van der Waals surface area contributed by atoms with Crippen LogP contribution in [0.15, 0.2) is 4.90 Å². The van der Waals surface area contributed by atoms with Gasteiger partial charge in [0.05, 0.1) is 11.4 Å². The minimum Gasteiger partial charge on any atom is -0.314 e. The molecular formula is C11H23N5O2S. The average molecular weight is 289 g/mol. The van der Waals surface area contributed by atoms with Crippen molar-refractivity contribution in [2.75, 3.05) is 27.7 Å². The van der Waals surface area contributed by atoms with E-state index in [0.717, 1.165) is 0 Å². The van der Waals surface area contributed by atoms with Gasteiger partial charge in [-0.25, -0.2) is 13.1 Å². The van der Waals surface area contributed by atoms with Crippen molar-refractivity contribution >= 4 is 10.0 Å². The number of hydrogen-bond donors (Lipinski definition) is 3. The van der Waals surface area contributed by atoms with Crippen molar-refractivity contribution in [3.8, 4) is 0 Å². The maximum Gasteiger partial charge on any atom is 0.244 e. The average Bonchev–Trinajstić information content (AvgIpc) is 2.58. The van der Waals surface area contributed by atoms with Crippen LogP contribution in [0.4, 0.5) is 0 Å². The quantitative estimate of drug-likeness (QED) is 0.639. The summed E-state index contributed by atoms with van der Waals surface area (Å²) in [5.41, 5.74) is 1.05. The van der Waals surface area contributed by atoms with Crippen LogP contribution in [-0.4, -0.2) is 57.2 Å². The van der Waals surface area contributed by atoms with E-state index >= 15 is 0 Å². The molecule has 1 unspecified atom stereocenters.